The van der Waals surface area contributed by atoms with Gasteiger partial charge in [-0.05, 0) is 29.4 Å². The Kier molecular flexibility index (Phi) is 9.77. The molecule has 0 amide bonds. The van der Waals surface area contributed by atoms with Crippen LogP contribution in [0.2, 0.25) is 0 Å². The molecular weight excluding hydrogens is 234 g/mol. The number of rotatable bonds is 3. The van der Waals surface area contributed by atoms with E-state index in [2.05, 4.69) is 17.4 Å². The van der Waals surface area contributed by atoms with Crippen molar-refractivity contribution in [2.45, 2.75) is 33.8 Å². The zero-order valence-corrected chi connectivity index (χ0v) is 12.8. The second kappa shape index (κ2) is 10.5. The van der Waals surface area contributed by atoms with Gasteiger partial charge in [0.05, 0.1) is 6.10 Å². The van der Waals surface area contributed by atoms with Crippen molar-refractivity contribution in [1.82, 2.24) is 5.32 Å². The Labute approximate surface area is 117 Å². The van der Waals surface area contributed by atoms with Crippen LogP contribution in [0.1, 0.15) is 39.4 Å². The maximum atomic E-state index is 9.82. The number of nitrogens with one attached hydrogen (secondary N) is 1. The van der Waals surface area contributed by atoms with E-state index in [0.29, 0.717) is 6.54 Å². The molecule has 0 fully saturated rings. The largest absolute Gasteiger partial charge is 0.387 e. The van der Waals surface area contributed by atoms with Crippen LogP contribution in [0.25, 0.3) is 10.8 Å². The van der Waals surface area contributed by atoms with Crippen LogP contribution in [0.3, 0.4) is 0 Å². The second-order valence-electron chi connectivity index (χ2n) is 3.68. The summed E-state index contributed by atoms with van der Waals surface area (Å²) in [4.78, 5) is 0. The molecule has 2 N–H and O–H groups in total. The van der Waals surface area contributed by atoms with Crippen molar-refractivity contribution in [1.29, 1.82) is 0 Å². The molecule has 0 bridgehead atoms. The molecule has 2 aromatic rings. The molecule has 0 aliphatic heterocycles. The van der Waals surface area contributed by atoms with E-state index in [1.807, 2.05) is 65.1 Å². The van der Waals surface area contributed by atoms with E-state index in [-0.39, 0.29) is 0 Å². The molecule has 1 unspecified atom stereocenters. The molecule has 0 aliphatic rings. The highest BCUT2D eigenvalue weighted by Gasteiger charge is 2.05. The third-order valence-corrected chi connectivity index (χ3v) is 2.56. The Morgan fingerprint density at radius 3 is 2.11 bits per heavy atom. The third kappa shape index (κ3) is 5.41. The van der Waals surface area contributed by atoms with Crippen molar-refractivity contribution in [3.8, 4) is 0 Å². The van der Waals surface area contributed by atoms with Crippen molar-refractivity contribution in [2.75, 3.05) is 13.6 Å². The molecule has 2 rings (SSSR count). The fraction of sp³-hybridized carbons (Fsp3) is 0.412. The highest BCUT2D eigenvalue weighted by Crippen LogP contribution is 2.19. The van der Waals surface area contributed by atoms with Gasteiger partial charge >= 0.3 is 0 Å². The molecule has 0 spiro atoms. The molecule has 0 aliphatic carbocycles. The minimum absolute atomic E-state index is 0.431. The number of benzene rings is 2. The third-order valence-electron chi connectivity index (χ3n) is 2.56. The summed E-state index contributed by atoms with van der Waals surface area (Å²) in [6, 6.07) is 14.2. The lowest BCUT2D eigenvalue weighted by molar-refractivity contribution is 0.178. The van der Waals surface area contributed by atoms with E-state index in [1.54, 1.807) is 0 Å². The van der Waals surface area contributed by atoms with Gasteiger partial charge in [-0.3, -0.25) is 0 Å². The lowest BCUT2D eigenvalue weighted by Gasteiger charge is -2.10. The summed E-state index contributed by atoms with van der Waals surface area (Å²) < 4.78 is 0. The van der Waals surface area contributed by atoms with E-state index in [9.17, 15) is 5.11 Å². The van der Waals surface area contributed by atoms with Crippen LogP contribution in [0.4, 0.5) is 0 Å². The quantitative estimate of drug-likeness (QED) is 0.870. The van der Waals surface area contributed by atoms with Crippen LogP contribution >= 0.6 is 0 Å². The van der Waals surface area contributed by atoms with Crippen molar-refractivity contribution < 1.29 is 5.11 Å². The maximum absolute atomic E-state index is 9.82. The summed E-state index contributed by atoms with van der Waals surface area (Å²) in [6.07, 6.45) is -0.431. The van der Waals surface area contributed by atoms with Crippen molar-refractivity contribution in [3.63, 3.8) is 0 Å². The molecule has 106 valence electrons. The predicted octanol–water partition coefficient (Wildman–Crippen LogP) is 4.15. The Hall–Kier alpha value is -1.38. The molecule has 2 heteroatoms. The summed E-state index contributed by atoms with van der Waals surface area (Å²) >= 11 is 0. The topological polar surface area (TPSA) is 32.3 Å². The summed E-state index contributed by atoms with van der Waals surface area (Å²) in [5, 5.41) is 15.2. The van der Waals surface area contributed by atoms with Gasteiger partial charge in [0.2, 0.25) is 0 Å². The molecule has 2 aromatic carbocycles. The monoisotopic (exact) mass is 261 g/mol. The van der Waals surface area contributed by atoms with E-state index in [0.717, 1.165) is 5.56 Å². The first-order chi connectivity index (χ1) is 9.31. The van der Waals surface area contributed by atoms with Crippen LogP contribution in [0.5, 0.6) is 0 Å². The van der Waals surface area contributed by atoms with Crippen LogP contribution in [-0.4, -0.2) is 18.7 Å². The Bertz CT molecular complexity index is 454. The molecule has 0 radical (unpaired) electrons. The maximum Gasteiger partial charge on any atom is 0.0914 e. The fourth-order valence-corrected chi connectivity index (χ4v) is 1.73. The Morgan fingerprint density at radius 1 is 0.947 bits per heavy atom. The molecule has 1 atom stereocenters. The molecular formula is C17H27NO. The second-order valence-corrected chi connectivity index (χ2v) is 3.68. The fourth-order valence-electron chi connectivity index (χ4n) is 1.73. The first-order valence-electron chi connectivity index (χ1n) is 7.12. The van der Waals surface area contributed by atoms with Gasteiger partial charge in [0.1, 0.15) is 0 Å². The molecule has 0 aromatic heterocycles. The first-order valence-corrected chi connectivity index (χ1v) is 7.12. The number of fused-ring (bicyclic) bond motifs is 1. The van der Waals surface area contributed by atoms with Gasteiger partial charge in [-0.1, -0.05) is 64.1 Å². The predicted molar refractivity (Wildman–Crippen MR) is 85.5 cm³/mol. The lowest BCUT2D eigenvalue weighted by Crippen LogP contribution is -2.16. The molecule has 19 heavy (non-hydrogen) atoms. The van der Waals surface area contributed by atoms with Crippen molar-refractivity contribution in [2.24, 2.45) is 0 Å². The number of aliphatic hydroxyl groups excluding tert-OH is 1. The number of hydrogen-bond donors (Lipinski definition) is 2. The van der Waals surface area contributed by atoms with Gasteiger partial charge in [-0.25, -0.2) is 0 Å². The van der Waals surface area contributed by atoms with E-state index in [4.69, 9.17) is 0 Å². The molecule has 0 saturated heterocycles. The SMILES string of the molecule is CC.CC.CNCC(O)c1ccc2ccccc2c1. The van der Waals surface area contributed by atoms with Crippen molar-refractivity contribution in [3.05, 3.63) is 48.0 Å². The van der Waals surface area contributed by atoms with Gasteiger partial charge in [0.15, 0.2) is 0 Å². The van der Waals surface area contributed by atoms with Crippen LogP contribution in [0.15, 0.2) is 42.5 Å². The minimum atomic E-state index is -0.431. The normalized spacial score (nSPS) is 10.8. The summed E-state index contributed by atoms with van der Waals surface area (Å²) in [5.74, 6) is 0. The van der Waals surface area contributed by atoms with E-state index >= 15 is 0 Å². The van der Waals surface area contributed by atoms with Gasteiger partial charge < -0.3 is 10.4 Å². The zero-order chi connectivity index (χ0) is 14.7. The molecule has 0 heterocycles. The number of likely N-dealkylation sites (N-methyl/N-ethyl adjacent to an activating group) is 1. The number of hydrogen-bond acceptors (Lipinski definition) is 2. The van der Waals surface area contributed by atoms with Gasteiger partial charge in [-0.2, -0.15) is 0 Å². The van der Waals surface area contributed by atoms with Crippen LogP contribution in [-0.2, 0) is 0 Å². The lowest BCUT2D eigenvalue weighted by atomic mass is 10.0. The summed E-state index contributed by atoms with van der Waals surface area (Å²) in [7, 11) is 1.84. The highest BCUT2D eigenvalue weighted by atomic mass is 16.3. The van der Waals surface area contributed by atoms with E-state index < -0.39 is 6.10 Å². The van der Waals surface area contributed by atoms with Crippen LogP contribution in [0, 0.1) is 0 Å². The minimum Gasteiger partial charge on any atom is -0.387 e. The molecule has 2 nitrogen and oxygen atoms in total. The van der Waals surface area contributed by atoms with Crippen LogP contribution < -0.4 is 5.32 Å². The zero-order valence-electron chi connectivity index (χ0n) is 12.8. The highest BCUT2D eigenvalue weighted by molar-refractivity contribution is 5.83. The first kappa shape index (κ1) is 17.6. The number of aliphatic hydroxyl groups is 1. The van der Waals surface area contributed by atoms with Crippen molar-refractivity contribution >= 4 is 10.8 Å². The van der Waals surface area contributed by atoms with Gasteiger partial charge in [0, 0.05) is 6.54 Å². The summed E-state index contributed by atoms with van der Waals surface area (Å²) in [5.41, 5.74) is 0.961. The summed E-state index contributed by atoms with van der Waals surface area (Å²) in [6.45, 7) is 8.58. The van der Waals surface area contributed by atoms with E-state index in [1.165, 1.54) is 10.8 Å². The Morgan fingerprint density at radius 2 is 1.53 bits per heavy atom. The average Bonchev–Trinajstić information content (AvgIpc) is 2.51. The van der Waals surface area contributed by atoms with Gasteiger partial charge in [-0.15, -0.1) is 0 Å². The van der Waals surface area contributed by atoms with Gasteiger partial charge in [0.25, 0.3) is 0 Å². The smallest absolute Gasteiger partial charge is 0.0914 e. The standard InChI is InChI=1S/C13H15NO.2C2H6/c1-14-9-13(15)12-7-6-10-4-2-3-5-11(10)8-12;2*1-2/h2-8,13-15H,9H2,1H3;2*1-2H3. The molecule has 0 saturated carbocycles. The average molecular weight is 261 g/mol. The Balaban J connectivity index is 0.000000741.